The van der Waals surface area contributed by atoms with Gasteiger partial charge in [-0.05, 0) is 44.4 Å². The first-order valence-electron chi connectivity index (χ1n) is 7.49. The molecular weight excluding hydrogens is 284 g/mol. The van der Waals surface area contributed by atoms with Gasteiger partial charge in [0.1, 0.15) is 0 Å². The van der Waals surface area contributed by atoms with Crippen molar-refractivity contribution in [1.82, 2.24) is 10.3 Å². The van der Waals surface area contributed by atoms with Crippen molar-refractivity contribution in [1.29, 1.82) is 0 Å². The van der Waals surface area contributed by atoms with Gasteiger partial charge in [0.2, 0.25) is 0 Å². The number of fused-ring (bicyclic) bond motifs is 1. The van der Waals surface area contributed by atoms with Crippen LogP contribution in [0.15, 0.2) is 28.6 Å². The molecule has 1 aliphatic carbocycles. The highest BCUT2D eigenvalue weighted by Gasteiger charge is 2.30. The van der Waals surface area contributed by atoms with Gasteiger partial charge in [-0.2, -0.15) is 0 Å². The number of rotatable bonds is 4. The Morgan fingerprint density at radius 1 is 1.35 bits per heavy atom. The van der Waals surface area contributed by atoms with Gasteiger partial charge in [-0.15, -0.1) is 11.3 Å². The van der Waals surface area contributed by atoms with Gasteiger partial charge in [0.05, 0.1) is 10.2 Å². The average Bonchev–Trinajstić information content (AvgIpc) is 2.89. The van der Waals surface area contributed by atoms with Gasteiger partial charge >= 0.3 is 0 Å². The van der Waals surface area contributed by atoms with Crippen molar-refractivity contribution in [2.75, 3.05) is 7.05 Å². The standard InChI is InChI=1S/C16H22N2S2/c1-3-11-8-9-12(17-2)15(10-11)20-16-18-13-6-4-5-7-14(13)19-16/h4-7,11-12,15,17H,3,8-10H2,1-2H3. The van der Waals surface area contributed by atoms with E-state index in [2.05, 4.69) is 43.6 Å². The summed E-state index contributed by atoms with van der Waals surface area (Å²) in [6.45, 7) is 2.32. The predicted octanol–water partition coefficient (Wildman–Crippen LogP) is 4.56. The third kappa shape index (κ3) is 3.02. The van der Waals surface area contributed by atoms with Crippen molar-refractivity contribution in [3.63, 3.8) is 0 Å². The summed E-state index contributed by atoms with van der Waals surface area (Å²) in [4.78, 5) is 4.78. The van der Waals surface area contributed by atoms with Gasteiger partial charge in [0, 0.05) is 11.3 Å². The van der Waals surface area contributed by atoms with Gasteiger partial charge in [0.25, 0.3) is 0 Å². The molecule has 0 spiro atoms. The summed E-state index contributed by atoms with van der Waals surface area (Å²) in [5.41, 5.74) is 1.14. The maximum absolute atomic E-state index is 4.78. The minimum absolute atomic E-state index is 0.634. The number of para-hydroxylation sites is 1. The lowest BCUT2D eigenvalue weighted by atomic mass is 9.84. The summed E-state index contributed by atoms with van der Waals surface area (Å²) in [5, 5.41) is 4.17. The SMILES string of the molecule is CCC1CCC(NC)C(Sc2nc3ccccc3s2)C1. The first-order valence-corrected chi connectivity index (χ1v) is 9.19. The van der Waals surface area contributed by atoms with Crippen molar-refractivity contribution in [3.8, 4) is 0 Å². The maximum Gasteiger partial charge on any atom is 0.151 e. The Bertz CT molecular complexity index is 533. The molecule has 1 N–H and O–H groups in total. The molecule has 3 atom stereocenters. The van der Waals surface area contributed by atoms with Gasteiger partial charge < -0.3 is 5.32 Å². The molecule has 0 aliphatic heterocycles. The first-order chi connectivity index (χ1) is 9.80. The smallest absolute Gasteiger partial charge is 0.151 e. The number of nitrogens with one attached hydrogen (secondary N) is 1. The highest BCUT2D eigenvalue weighted by molar-refractivity contribution is 8.01. The van der Waals surface area contributed by atoms with E-state index in [4.69, 9.17) is 4.98 Å². The summed E-state index contributed by atoms with van der Waals surface area (Å²) in [6.07, 6.45) is 5.31. The van der Waals surface area contributed by atoms with Crippen LogP contribution in [0.2, 0.25) is 0 Å². The molecule has 0 radical (unpaired) electrons. The van der Waals surface area contributed by atoms with E-state index in [1.54, 1.807) is 0 Å². The number of nitrogens with zero attached hydrogens (tertiary/aromatic N) is 1. The second-order valence-electron chi connectivity index (χ2n) is 5.59. The molecule has 1 saturated carbocycles. The van der Waals surface area contributed by atoms with Crippen molar-refractivity contribution in [3.05, 3.63) is 24.3 Å². The molecule has 0 amide bonds. The molecule has 4 heteroatoms. The van der Waals surface area contributed by atoms with E-state index in [0.29, 0.717) is 11.3 Å². The van der Waals surface area contributed by atoms with Crippen LogP contribution in [0.4, 0.5) is 0 Å². The van der Waals surface area contributed by atoms with Crippen LogP contribution in [0.25, 0.3) is 10.2 Å². The summed E-state index contributed by atoms with van der Waals surface area (Å²) < 4.78 is 2.53. The Morgan fingerprint density at radius 3 is 2.95 bits per heavy atom. The zero-order valence-corrected chi connectivity index (χ0v) is 13.8. The lowest BCUT2D eigenvalue weighted by molar-refractivity contribution is 0.304. The minimum atomic E-state index is 0.634. The third-order valence-corrected chi connectivity index (χ3v) is 6.86. The van der Waals surface area contributed by atoms with E-state index in [0.717, 1.165) is 11.4 Å². The van der Waals surface area contributed by atoms with Crippen molar-refractivity contribution in [2.24, 2.45) is 5.92 Å². The van der Waals surface area contributed by atoms with Crippen LogP contribution in [-0.2, 0) is 0 Å². The summed E-state index contributed by atoms with van der Waals surface area (Å²) in [5.74, 6) is 0.895. The largest absolute Gasteiger partial charge is 0.316 e. The molecule has 0 bridgehead atoms. The van der Waals surface area contributed by atoms with Crippen molar-refractivity contribution >= 4 is 33.3 Å². The van der Waals surface area contributed by atoms with E-state index in [1.165, 1.54) is 34.7 Å². The number of thioether (sulfide) groups is 1. The number of thiazole rings is 1. The molecular formula is C16H22N2S2. The molecule has 2 nitrogen and oxygen atoms in total. The van der Waals surface area contributed by atoms with E-state index >= 15 is 0 Å². The molecule has 20 heavy (non-hydrogen) atoms. The molecule has 3 unspecified atom stereocenters. The Kier molecular flexibility index (Phi) is 4.64. The summed E-state index contributed by atoms with van der Waals surface area (Å²) in [6, 6.07) is 9.08. The van der Waals surface area contributed by atoms with E-state index in [-0.39, 0.29) is 0 Å². The molecule has 1 aromatic heterocycles. The molecule has 0 saturated heterocycles. The van der Waals surface area contributed by atoms with Gasteiger partial charge in [0.15, 0.2) is 4.34 Å². The zero-order valence-electron chi connectivity index (χ0n) is 12.1. The van der Waals surface area contributed by atoms with E-state index in [9.17, 15) is 0 Å². The van der Waals surface area contributed by atoms with E-state index in [1.807, 2.05) is 23.1 Å². The molecule has 1 fully saturated rings. The fraction of sp³-hybridized carbons (Fsp3) is 0.562. The fourth-order valence-corrected chi connectivity index (χ4v) is 5.82. The van der Waals surface area contributed by atoms with Crippen LogP contribution in [0.3, 0.4) is 0 Å². The number of aromatic nitrogens is 1. The monoisotopic (exact) mass is 306 g/mol. The van der Waals surface area contributed by atoms with Crippen molar-refractivity contribution < 1.29 is 0 Å². The number of hydrogen-bond donors (Lipinski definition) is 1. The highest BCUT2D eigenvalue weighted by atomic mass is 32.2. The predicted molar refractivity (Wildman–Crippen MR) is 89.7 cm³/mol. The van der Waals surface area contributed by atoms with Crippen molar-refractivity contribution in [2.45, 2.75) is 48.2 Å². The second kappa shape index (κ2) is 6.46. The summed E-state index contributed by atoms with van der Waals surface area (Å²) >= 11 is 3.82. The van der Waals surface area contributed by atoms with Gasteiger partial charge in [-0.3, -0.25) is 0 Å². The zero-order chi connectivity index (χ0) is 13.9. The van der Waals surface area contributed by atoms with Crippen LogP contribution in [0.5, 0.6) is 0 Å². The van der Waals surface area contributed by atoms with Crippen LogP contribution >= 0.6 is 23.1 Å². The lowest BCUT2D eigenvalue weighted by Gasteiger charge is -2.34. The van der Waals surface area contributed by atoms with E-state index < -0.39 is 0 Å². The minimum Gasteiger partial charge on any atom is -0.316 e. The molecule has 3 rings (SSSR count). The lowest BCUT2D eigenvalue weighted by Crippen LogP contribution is -2.40. The quantitative estimate of drug-likeness (QED) is 0.896. The molecule has 1 aromatic carbocycles. The van der Waals surface area contributed by atoms with Gasteiger partial charge in [-0.25, -0.2) is 4.98 Å². The Hall–Kier alpha value is -0.580. The summed E-state index contributed by atoms with van der Waals surface area (Å²) in [7, 11) is 2.10. The number of hydrogen-bond acceptors (Lipinski definition) is 4. The Balaban J connectivity index is 1.76. The van der Waals surface area contributed by atoms with Gasteiger partial charge in [-0.1, -0.05) is 37.2 Å². The number of benzene rings is 1. The molecule has 1 aliphatic rings. The average molecular weight is 307 g/mol. The van der Waals surface area contributed by atoms with Crippen LogP contribution in [0, 0.1) is 5.92 Å². The normalized spacial score (nSPS) is 27.0. The second-order valence-corrected chi connectivity index (χ2v) is 8.10. The Labute approximate surface area is 129 Å². The molecule has 2 aromatic rings. The molecule has 108 valence electrons. The van der Waals surface area contributed by atoms with Crippen LogP contribution in [-0.4, -0.2) is 23.3 Å². The maximum atomic E-state index is 4.78. The fourth-order valence-electron chi connectivity index (χ4n) is 3.07. The van der Waals surface area contributed by atoms with Crippen LogP contribution < -0.4 is 5.32 Å². The Morgan fingerprint density at radius 2 is 2.20 bits per heavy atom. The van der Waals surface area contributed by atoms with Crippen LogP contribution in [0.1, 0.15) is 32.6 Å². The third-order valence-electron chi connectivity index (χ3n) is 4.37. The topological polar surface area (TPSA) is 24.9 Å². The highest BCUT2D eigenvalue weighted by Crippen LogP contribution is 2.40. The molecule has 1 heterocycles. The first kappa shape index (κ1) is 14.4.